The molecule has 0 aromatic rings. The van der Waals surface area contributed by atoms with E-state index < -0.39 is 20.7 Å². The minimum absolute atomic E-state index is 0.158. The van der Waals surface area contributed by atoms with Gasteiger partial charge >= 0.3 is 15.2 Å². The molecule has 1 aliphatic rings. The van der Waals surface area contributed by atoms with Crippen molar-refractivity contribution in [3.05, 3.63) is 0 Å². The Kier molecular flexibility index (Phi) is 5.57. The highest BCUT2D eigenvalue weighted by Crippen LogP contribution is 2.61. The predicted octanol–water partition coefficient (Wildman–Crippen LogP) is 1.28. The summed E-state index contributed by atoms with van der Waals surface area (Å²) in [5, 5.41) is 0. The summed E-state index contributed by atoms with van der Waals surface area (Å²) in [7, 11) is -9.75. The maximum absolute atomic E-state index is 11.4. The van der Waals surface area contributed by atoms with E-state index in [9.17, 15) is 28.7 Å². The van der Waals surface area contributed by atoms with E-state index in [4.69, 9.17) is 0 Å². The van der Waals surface area contributed by atoms with Crippen molar-refractivity contribution in [2.24, 2.45) is 0 Å². The van der Waals surface area contributed by atoms with Crippen molar-refractivity contribution in [3.63, 3.8) is 0 Å². The average Bonchev–Trinajstić information content (AvgIpc) is 2.23. The molecule has 0 unspecified atom stereocenters. The second-order valence-electron chi connectivity index (χ2n) is 4.65. The van der Waals surface area contributed by atoms with Crippen LogP contribution >= 0.6 is 15.2 Å². The highest BCUT2D eigenvalue weighted by molar-refractivity contribution is 7.70. The molecule has 1 saturated carbocycles. The van der Waals surface area contributed by atoms with Crippen LogP contribution in [0, 0.1) is 0 Å². The van der Waals surface area contributed by atoms with Gasteiger partial charge in [0.25, 0.3) is 0 Å². The van der Waals surface area contributed by atoms with Crippen molar-refractivity contribution >= 4 is 15.2 Å². The van der Waals surface area contributed by atoms with Crippen LogP contribution in [0.4, 0.5) is 0 Å². The number of hydrogen-bond acceptors (Lipinski definition) is 3. The van der Waals surface area contributed by atoms with Gasteiger partial charge in [-0.15, -0.1) is 0 Å². The van der Waals surface area contributed by atoms with Crippen LogP contribution in [0.2, 0.25) is 0 Å². The van der Waals surface area contributed by atoms with Crippen LogP contribution in [0.25, 0.3) is 0 Å². The predicted molar refractivity (Wildman–Crippen MR) is 67.1 cm³/mol. The molecule has 0 saturated heterocycles. The smallest absolute Gasteiger partial charge is 0.323 e. The first-order valence-electron chi connectivity index (χ1n) is 6.04. The van der Waals surface area contributed by atoms with Gasteiger partial charge in [-0.05, 0) is 19.4 Å². The fourth-order valence-electron chi connectivity index (χ4n) is 2.61. The van der Waals surface area contributed by atoms with Gasteiger partial charge < -0.3 is 19.6 Å². The maximum atomic E-state index is 11.4. The molecule has 0 amide bonds. The SMILES string of the molecule is CCN(C1CCCCC1)C(P(=O)(O)O)P(=O)(O)O. The van der Waals surface area contributed by atoms with Crippen LogP contribution in [0.15, 0.2) is 0 Å². The second kappa shape index (κ2) is 6.14. The minimum atomic E-state index is -4.87. The normalized spacial score (nSPS) is 19.7. The van der Waals surface area contributed by atoms with E-state index in [0.717, 1.165) is 32.1 Å². The summed E-state index contributed by atoms with van der Waals surface area (Å²) in [5.41, 5.74) is -2.00. The summed E-state index contributed by atoms with van der Waals surface area (Å²) in [6, 6.07) is -0.158. The Morgan fingerprint density at radius 2 is 1.50 bits per heavy atom. The fourth-order valence-corrected chi connectivity index (χ4v) is 5.65. The molecule has 0 bridgehead atoms. The van der Waals surface area contributed by atoms with Crippen LogP contribution in [0.5, 0.6) is 0 Å². The summed E-state index contributed by atoms with van der Waals surface area (Å²) < 4.78 is 22.8. The molecular formula is C9H21NO6P2. The molecule has 4 N–H and O–H groups in total. The maximum Gasteiger partial charge on any atom is 0.354 e. The minimum Gasteiger partial charge on any atom is -0.323 e. The van der Waals surface area contributed by atoms with Gasteiger partial charge in [0.1, 0.15) is 0 Å². The molecule has 0 aromatic heterocycles. The third-order valence-corrected chi connectivity index (χ3v) is 6.91. The highest BCUT2D eigenvalue weighted by Gasteiger charge is 2.49. The number of rotatable bonds is 5. The summed E-state index contributed by atoms with van der Waals surface area (Å²) in [6.45, 7) is 1.87. The molecule has 7 nitrogen and oxygen atoms in total. The third-order valence-electron chi connectivity index (χ3n) is 3.31. The highest BCUT2D eigenvalue weighted by atomic mass is 31.2. The van der Waals surface area contributed by atoms with Crippen molar-refractivity contribution in [2.75, 3.05) is 6.54 Å². The molecule has 1 rings (SSSR count). The van der Waals surface area contributed by atoms with E-state index in [-0.39, 0.29) is 12.6 Å². The van der Waals surface area contributed by atoms with E-state index in [1.165, 1.54) is 4.90 Å². The van der Waals surface area contributed by atoms with Crippen LogP contribution in [0.3, 0.4) is 0 Å². The monoisotopic (exact) mass is 301 g/mol. The van der Waals surface area contributed by atoms with Crippen LogP contribution in [-0.2, 0) is 9.13 Å². The molecule has 0 spiro atoms. The molecule has 1 aliphatic carbocycles. The Morgan fingerprint density at radius 1 is 1.06 bits per heavy atom. The van der Waals surface area contributed by atoms with Crippen molar-refractivity contribution < 1.29 is 28.7 Å². The zero-order chi connectivity index (χ0) is 14.0. The van der Waals surface area contributed by atoms with Crippen LogP contribution in [-0.4, -0.2) is 42.6 Å². The van der Waals surface area contributed by atoms with Gasteiger partial charge in [-0.1, -0.05) is 26.2 Å². The molecule has 0 radical (unpaired) electrons. The quantitative estimate of drug-likeness (QED) is 0.565. The fraction of sp³-hybridized carbons (Fsp3) is 1.00. The van der Waals surface area contributed by atoms with Crippen LogP contribution in [0.1, 0.15) is 39.0 Å². The zero-order valence-corrected chi connectivity index (χ0v) is 12.1. The Bertz CT molecular complexity index is 336. The number of nitrogens with zero attached hydrogens (tertiary/aromatic N) is 1. The van der Waals surface area contributed by atoms with Crippen LogP contribution < -0.4 is 0 Å². The summed E-state index contributed by atoms with van der Waals surface area (Å²) in [6.07, 6.45) is 4.37. The van der Waals surface area contributed by atoms with Crippen molar-refractivity contribution in [2.45, 2.75) is 50.6 Å². The van der Waals surface area contributed by atoms with Gasteiger partial charge in [-0.25, -0.2) is 0 Å². The van der Waals surface area contributed by atoms with Crippen molar-refractivity contribution in [1.82, 2.24) is 4.90 Å². The lowest BCUT2D eigenvalue weighted by molar-refractivity contribution is 0.146. The standard InChI is InChI=1S/C9H21NO6P2/c1-2-10(8-6-4-3-5-7-8)9(17(11,12)13)18(14,15)16/h8-9H,2-7H2,1H3,(H2,11,12,13)(H2,14,15,16). The lowest BCUT2D eigenvalue weighted by Gasteiger charge is -2.39. The summed E-state index contributed by atoms with van der Waals surface area (Å²) >= 11 is 0. The second-order valence-corrected chi connectivity index (χ2v) is 8.39. The molecule has 0 aromatic carbocycles. The van der Waals surface area contributed by atoms with E-state index in [1.54, 1.807) is 6.92 Å². The lowest BCUT2D eigenvalue weighted by atomic mass is 9.94. The Balaban J connectivity index is 3.01. The van der Waals surface area contributed by atoms with Gasteiger partial charge in [-0.3, -0.25) is 14.0 Å². The van der Waals surface area contributed by atoms with Gasteiger partial charge in [-0.2, -0.15) is 0 Å². The Hall–Kier alpha value is 0.260. The van der Waals surface area contributed by atoms with Crippen molar-refractivity contribution in [1.29, 1.82) is 0 Å². The first-order chi connectivity index (χ1) is 8.18. The molecule has 0 aliphatic heterocycles. The molecule has 1 fully saturated rings. The lowest BCUT2D eigenvalue weighted by Crippen LogP contribution is -2.43. The van der Waals surface area contributed by atoms with E-state index in [1.807, 2.05) is 0 Å². The van der Waals surface area contributed by atoms with E-state index in [2.05, 4.69) is 0 Å². The first-order valence-corrected chi connectivity index (χ1v) is 9.40. The van der Waals surface area contributed by atoms with Gasteiger partial charge in [0.15, 0.2) is 0 Å². The van der Waals surface area contributed by atoms with E-state index in [0.29, 0.717) is 0 Å². The molecule has 0 atom stereocenters. The van der Waals surface area contributed by atoms with Gasteiger partial charge in [0.2, 0.25) is 5.52 Å². The molecule has 0 heterocycles. The van der Waals surface area contributed by atoms with E-state index >= 15 is 0 Å². The first kappa shape index (κ1) is 16.3. The third kappa shape index (κ3) is 4.14. The summed E-state index contributed by atoms with van der Waals surface area (Å²) in [5.74, 6) is 0. The molecule has 18 heavy (non-hydrogen) atoms. The molecular weight excluding hydrogens is 280 g/mol. The number of hydrogen-bond donors (Lipinski definition) is 4. The van der Waals surface area contributed by atoms with Gasteiger partial charge in [0, 0.05) is 6.04 Å². The van der Waals surface area contributed by atoms with Crippen molar-refractivity contribution in [3.8, 4) is 0 Å². The Labute approximate surface area is 107 Å². The largest absolute Gasteiger partial charge is 0.354 e. The molecule has 108 valence electrons. The average molecular weight is 301 g/mol. The Morgan fingerprint density at radius 3 is 1.83 bits per heavy atom. The van der Waals surface area contributed by atoms with Gasteiger partial charge in [0.05, 0.1) is 0 Å². The zero-order valence-electron chi connectivity index (χ0n) is 10.3. The summed E-state index contributed by atoms with van der Waals surface area (Å²) in [4.78, 5) is 38.2. The topological polar surface area (TPSA) is 118 Å². The molecule has 9 heteroatoms.